The minimum absolute atomic E-state index is 0.336. The van der Waals surface area contributed by atoms with Gasteiger partial charge in [0.15, 0.2) is 0 Å². The van der Waals surface area contributed by atoms with Crippen molar-refractivity contribution < 1.29 is 4.79 Å². The van der Waals surface area contributed by atoms with Crippen molar-refractivity contribution in [2.45, 2.75) is 19.4 Å². The van der Waals surface area contributed by atoms with E-state index in [1.54, 1.807) is 11.3 Å². The summed E-state index contributed by atoms with van der Waals surface area (Å²) in [5, 5.41) is 3.33. The van der Waals surface area contributed by atoms with Crippen LogP contribution >= 0.6 is 22.9 Å². The van der Waals surface area contributed by atoms with E-state index in [0.29, 0.717) is 18.2 Å². The minimum atomic E-state index is 0.336. The zero-order valence-corrected chi connectivity index (χ0v) is 13.8. The molecule has 21 heavy (non-hydrogen) atoms. The summed E-state index contributed by atoms with van der Waals surface area (Å²) in [6, 6.07) is 4.05. The maximum absolute atomic E-state index is 12.3. The fourth-order valence-corrected chi connectivity index (χ4v) is 4.21. The van der Waals surface area contributed by atoms with E-state index in [1.807, 2.05) is 11.0 Å². The van der Waals surface area contributed by atoms with Crippen LogP contribution in [0.5, 0.6) is 0 Å². The Morgan fingerprint density at radius 1 is 1.33 bits per heavy atom. The van der Waals surface area contributed by atoms with Gasteiger partial charge in [0.05, 0.1) is 4.34 Å². The molecule has 2 saturated heterocycles. The third-order valence-electron chi connectivity index (χ3n) is 4.36. The highest BCUT2D eigenvalue weighted by Gasteiger charge is 2.25. The first-order valence-corrected chi connectivity index (χ1v) is 8.85. The van der Waals surface area contributed by atoms with Crippen molar-refractivity contribution in [2.24, 2.45) is 5.92 Å². The monoisotopic (exact) mass is 327 g/mol. The van der Waals surface area contributed by atoms with Crippen molar-refractivity contribution in [3.8, 4) is 0 Å². The van der Waals surface area contributed by atoms with Crippen LogP contribution < -0.4 is 5.32 Å². The Hall–Kier alpha value is -0.620. The molecule has 0 aliphatic carbocycles. The van der Waals surface area contributed by atoms with Crippen LogP contribution in [0.1, 0.15) is 17.7 Å². The molecule has 1 aromatic rings. The maximum Gasteiger partial charge on any atom is 0.222 e. The smallest absolute Gasteiger partial charge is 0.222 e. The van der Waals surface area contributed by atoms with Crippen LogP contribution in [-0.2, 0) is 11.3 Å². The second-order valence-electron chi connectivity index (χ2n) is 5.93. The first-order valence-electron chi connectivity index (χ1n) is 7.66. The van der Waals surface area contributed by atoms with Crippen molar-refractivity contribution in [3.63, 3.8) is 0 Å². The number of nitrogens with zero attached hydrogens (tertiary/aromatic N) is 2. The number of carbonyl (C=O) groups is 1. The number of thiophene rings is 1. The average molecular weight is 328 g/mol. The summed E-state index contributed by atoms with van der Waals surface area (Å²) in [7, 11) is 0. The van der Waals surface area contributed by atoms with Crippen LogP contribution in [0.25, 0.3) is 0 Å². The van der Waals surface area contributed by atoms with Gasteiger partial charge in [-0.05, 0) is 37.6 Å². The molecule has 6 heteroatoms. The summed E-state index contributed by atoms with van der Waals surface area (Å²) in [6.07, 6.45) is 1.86. The standard InChI is InChI=1S/C15H22ClN3OS/c16-14-2-1-13(21-14)11-18-5-7-19(8-6-18)15(20)9-12-3-4-17-10-12/h1-2,12,17H,3-11H2. The van der Waals surface area contributed by atoms with Crippen molar-refractivity contribution in [1.29, 1.82) is 0 Å². The molecule has 1 unspecified atom stereocenters. The van der Waals surface area contributed by atoms with E-state index >= 15 is 0 Å². The topological polar surface area (TPSA) is 35.6 Å². The van der Waals surface area contributed by atoms with Gasteiger partial charge in [-0.15, -0.1) is 11.3 Å². The summed E-state index contributed by atoms with van der Waals surface area (Å²) >= 11 is 7.61. The highest BCUT2D eigenvalue weighted by molar-refractivity contribution is 7.16. The van der Waals surface area contributed by atoms with E-state index in [4.69, 9.17) is 11.6 Å². The Morgan fingerprint density at radius 2 is 2.14 bits per heavy atom. The molecule has 0 bridgehead atoms. The van der Waals surface area contributed by atoms with Crippen molar-refractivity contribution in [2.75, 3.05) is 39.3 Å². The summed E-state index contributed by atoms with van der Waals surface area (Å²) in [6.45, 7) is 6.66. The fourth-order valence-electron chi connectivity index (χ4n) is 3.08. The third-order valence-corrected chi connectivity index (χ3v) is 5.57. The Bertz CT molecular complexity index is 479. The molecular weight excluding hydrogens is 306 g/mol. The van der Waals surface area contributed by atoms with Gasteiger partial charge in [-0.2, -0.15) is 0 Å². The lowest BCUT2D eigenvalue weighted by molar-refractivity contribution is -0.133. The lowest BCUT2D eigenvalue weighted by Gasteiger charge is -2.35. The van der Waals surface area contributed by atoms with E-state index in [0.717, 1.165) is 56.6 Å². The quantitative estimate of drug-likeness (QED) is 0.919. The highest BCUT2D eigenvalue weighted by Crippen LogP contribution is 2.23. The Balaban J connectivity index is 1.42. The number of carbonyl (C=O) groups excluding carboxylic acids is 1. The predicted octanol–water partition coefficient (Wildman–Crippen LogP) is 2.05. The molecule has 1 aromatic heterocycles. The number of piperazine rings is 1. The van der Waals surface area contributed by atoms with E-state index < -0.39 is 0 Å². The molecule has 116 valence electrons. The molecular formula is C15H22ClN3OS. The molecule has 4 nitrogen and oxygen atoms in total. The number of halogens is 1. The molecule has 0 spiro atoms. The molecule has 2 fully saturated rings. The zero-order chi connectivity index (χ0) is 14.7. The Morgan fingerprint density at radius 3 is 2.76 bits per heavy atom. The second-order valence-corrected chi connectivity index (χ2v) is 7.73. The molecule has 1 N–H and O–H groups in total. The second kappa shape index (κ2) is 7.09. The molecule has 0 radical (unpaired) electrons. The number of hydrogen-bond acceptors (Lipinski definition) is 4. The minimum Gasteiger partial charge on any atom is -0.340 e. The molecule has 0 aromatic carbocycles. The number of amides is 1. The van der Waals surface area contributed by atoms with Gasteiger partial charge in [-0.25, -0.2) is 0 Å². The van der Waals surface area contributed by atoms with Crippen molar-refractivity contribution in [1.82, 2.24) is 15.1 Å². The Kier molecular flexibility index (Phi) is 5.16. The lowest BCUT2D eigenvalue weighted by atomic mass is 10.0. The molecule has 3 rings (SSSR count). The molecule has 2 aliphatic heterocycles. The predicted molar refractivity (Wildman–Crippen MR) is 86.8 cm³/mol. The van der Waals surface area contributed by atoms with Crippen molar-refractivity contribution in [3.05, 3.63) is 21.3 Å². The normalized spacial score (nSPS) is 23.7. The molecule has 3 heterocycles. The summed E-state index contributed by atoms with van der Waals surface area (Å²) < 4.78 is 0.851. The van der Waals surface area contributed by atoms with E-state index in [-0.39, 0.29) is 0 Å². The fraction of sp³-hybridized carbons (Fsp3) is 0.667. The van der Waals surface area contributed by atoms with E-state index in [2.05, 4.69) is 16.3 Å². The molecule has 0 saturated carbocycles. The van der Waals surface area contributed by atoms with E-state index in [9.17, 15) is 4.79 Å². The van der Waals surface area contributed by atoms with Crippen LogP contribution in [-0.4, -0.2) is 55.0 Å². The third kappa shape index (κ3) is 4.19. The van der Waals surface area contributed by atoms with Gasteiger partial charge in [0, 0.05) is 44.0 Å². The van der Waals surface area contributed by atoms with Gasteiger partial charge in [0.1, 0.15) is 0 Å². The Labute approximate surface area is 135 Å². The zero-order valence-electron chi connectivity index (χ0n) is 12.2. The van der Waals surface area contributed by atoms with Gasteiger partial charge in [-0.1, -0.05) is 11.6 Å². The molecule has 2 aliphatic rings. The average Bonchev–Trinajstić information content (AvgIpc) is 3.12. The van der Waals surface area contributed by atoms with Gasteiger partial charge in [0.2, 0.25) is 5.91 Å². The van der Waals surface area contributed by atoms with E-state index in [1.165, 1.54) is 4.88 Å². The van der Waals surface area contributed by atoms with Crippen LogP contribution in [0, 0.1) is 5.92 Å². The van der Waals surface area contributed by atoms with Gasteiger partial charge >= 0.3 is 0 Å². The van der Waals surface area contributed by atoms with Crippen LogP contribution in [0.4, 0.5) is 0 Å². The number of nitrogens with one attached hydrogen (secondary N) is 1. The first kappa shape index (κ1) is 15.3. The summed E-state index contributed by atoms with van der Waals surface area (Å²) in [4.78, 5) is 18.0. The van der Waals surface area contributed by atoms with Gasteiger partial charge in [-0.3, -0.25) is 9.69 Å². The molecule has 1 atom stereocenters. The van der Waals surface area contributed by atoms with Crippen LogP contribution in [0.3, 0.4) is 0 Å². The number of hydrogen-bond donors (Lipinski definition) is 1. The van der Waals surface area contributed by atoms with Gasteiger partial charge < -0.3 is 10.2 Å². The summed E-state index contributed by atoms with van der Waals surface area (Å²) in [5.74, 6) is 0.881. The summed E-state index contributed by atoms with van der Waals surface area (Å²) in [5.41, 5.74) is 0. The highest BCUT2D eigenvalue weighted by atomic mass is 35.5. The first-order chi connectivity index (χ1) is 10.2. The van der Waals surface area contributed by atoms with Crippen LogP contribution in [0.15, 0.2) is 12.1 Å². The van der Waals surface area contributed by atoms with Crippen LogP contribution in [0.2, 0.25) is 4.34 Å². The largest absolute Gasteiger partial charge is 0.340 e. The maximum atomic E-state index is 12.3. The SMILES string of the molecule is O=C(CC1CCNC1)N1CCN(Cc2ccc(Cl)s2)CC1. The lowest BCUT2D eigenvalue weighted by Crippen LogP contribution is -2.48. The van der Waals surface area contributed by atoms with Crippen molar-refractivity contribution >= 4 is 28.8 Å². The van der Waals surface area contributed by atoms with Gasteiger partial charge in [0.25, 0.3) is 0 Å². The number of rotatable bonds is 4. The molecule has 1 amide bonds.